The van der Waals surface area contributed by atoms with Gasteiger partial charge in [-0.25, -0.2) is 9.37 Å². The minimum atomic E-state index is -0.700. The van der Waals surface area contributed by atoms with E-state index >= 15 is 0 Å². The maximum atomic E-state index is 13.4. The van der Waals surface area contributed by atoms with Gasteiger partial charge in [0, 0.05) is 6.20 Å². The molecule has 0 spiro atoms. The molecule has 6 heteroatoms. The average Bonchev–Trinajstić information content (AvgIpc) is 2.36. The third-order valence-electron chi connectivity index (χ3n) is 2.50. The van der Waals surface area contributed by atoms with Gasteiger partial charge in [0.15, 0.2) is 0 Å². The molecule has 0 aliphatic rings. The highest BCUT2D eigenvalue weighted by atomic mass is 35.5. The van der Waals surface area contributed by atoms with Crippen molar-refractivity contribution in [2.75, 3.05) is 5.32 Å². The molecule has 3 nitrogen and oxygen atoms in total. The summed E-state index contributed by atoms with van der Waals surface area (Å²) >= 11 is 11.4. The Bertz CT molecular complexity index is 647. The lowest BCUT2D eigenvalue weighted by Gasteiger charge is -2.08. The first-order valence-corrected chi connectivity index (χ1v) is 6.12. The normalized spacial score (nSPS) is 10.3. The molecule has 1 aromatic carbocycles. The molecule has 1 aromatic heterocycles. The molecule has 0 radical (unpaired) electrons. The number of benzene rings is 1. The van der Waals surface area contributed by atoms with E-state index in [0.29, 0.717) is 5.82 Å². The van der Waals surface area contributed by atoms with Crippen molar-refractivity contribution in [2.45, 2.75) is 6.92 Å². The second-order valence-electron chi connectivity index (χ2n) is 3.87. The summed E-state index contributed by atoms with van der Waals surface area (Å²) < 4.78 is 13.4. The van der Waals surface area contributed by atoms with Crippen LogP contribution in [0.15, 0.2) is 30.5 Å². The molecule has 98 valence electrons. The van der Waals surface area contributed by atoms with Gasteiger partial charge >= 0.3 is 0 Å². The molecule has 0 saturated heterocycles. The Morgan fingerprint density at radius 3 is 2.74 bits per heavy atom. The maximum Gasteiger partial charge on any atom is 0.258 e. The first-order chi connectivity index (χ1) is 8.99. The van der Waals surface area contributed by atoms with Crippen molar-refractivity contribution in [3.63, 3.8) is 0 Å². The smallest absolute Gasteiger partial charge is 0.258 e. The summed E-state index contributed by atoms with van der Waals surface area (Å²) in [6.45, 7) is 1.80. The number of nitrogens with zero attached hydrogens (tertiary/aromatic N) is 1. The van der Waals surface area contributed by atoms with E-state index in [9.17, 15) is 9.18 Å². The minimum Gasteiger partial charge on any atom is -0.306 e. The van der Waals surface area contributed by atoms with Crippen molar-refractivity contribution in [3.05, 3.63) is 57.5 Å². The van der Waals surface area contributed by atoms with Crippen LogP contribution in [0.25, 0.3) is 0 Å². The average molecular weight is 299 g/mol. The Balaban J connectivity index is 2.31. The van der Waals surface area contributed by atoms with E-state index in [0.717, 1.165) is 11.6 Å². The van der Waals surface area contributed by atoms with Gasteiger partial charge in [-0.1, -0.05) is 29.3 Å². The van der Waals surface area contributed by atoms with Gasteiger partial charge in [-0.15, -0.1) is 0 Å². The van der Waals surface area contributed by atoms with E-state index in [1.807, 2.05) is 0 Å². The monoisotopic (exact) mass is 298 g/mol. The van der Waals surface area contributed by atoms with E-state index < -0.39 is 11.7 Å². The van der Waals surface area contributed by atoms with Crippen LogP contribution in [0.2, 0.25) is 10.0 Å². The number of carbonyl (C=O) groups excluding carboxylic acids is 1. The van der Waals surface area contributed by atoms with E-state index in [4.69, 9.17) is 23.2 Å². The molecular formula is C13H9Cl2FN2O. The predicted molar refractivity (Wildman–Crippen MR) is 73.3 cm³/mol. The van der Waals surface area contributed by atoms with Crippen LogP contribution < -0.4 is 5.32 Å². The number of rotatable bonds is 2. The molecule has 1 heterocycles. The summed E-state index contributed by atoms with van der Waals surface area (Å²) in [7, 11) is 0. The molecule has 1 amide bonds. The Morgan fingerprint density at radius 2 is 2.05 bits per heavy atom. The number of amides is 1. The first-order valence-electron chi connectivity index (χ1n) is 5.36. The van der Waals surface area contributed by atoms with Gasteiger partial charge in [0.05, 0.1) is 15.6 Å². The SMILES string of the molecule is Cc1cccnc1NC(=O)c1cc(F)c(Cl)cc1Cl. The van der Waals surface area contributed by atoms with Crippen molar-refractivity contribution >= 4 is 34.9 Å². The van der Waals surface area contributed by atoms with Crippen LogP contribution in [0.5, 0.6) is 0 Å². The van der Waals surface area contributed by atoms with Crippen LogP contribution in [-0.2, 0) is 0 Å². The molecular weight excluding hydrogens is 290 g/mol. The highest BCUT2D eigenvalue weighted by molar-refractivity contribution is 6.37. The van der Waals surface area contributed by atoms with Gasteiger partial charge in [0.1, 0.15) is 11.6 Å². The van der Waals surface area contributed by atoms with E-state index in [1.165, 1.54) is 6.07 Å². The van der Waals surface area contributed by atoms with Crippen LogP contribution in [0.1, 0.15) is 15.9 Å². The van der Waals surface area contributed by atoms with E-state index in [-0.39, 0.29) is 15.6 Å². The van der Waals surface area contributed by atoms with Crippen LogP contribution >= 0.6 is 23.2 Å². The van der Waals surface area contributed by atoms with Gasteiger partial charge in [0.25, 0.3) is 5.91 Å². The highest BCUT2D eigenvalue weighted by Crippen LogP contribution is 2.25. The largest absolute Gasteiger partial charge is 0.306 e. The zero-order valence-electron chi connectivity index (χ0n) is 9.88. The lowest BCUT2D eigenvalue weighted by Crippen LogP contribution is -2.14. The Labute approximate surface area is 119 Å². The molecule has 1 N–H and O–H groups in total. The number of pyridine rings is 1. The number of hydrogen-bond donors (Lipinski definition) is 1. The van der Waals surface area contributed by atoms with Crippen LogP contribution in [0, 0.1) is 12.7 Å². The molecule has 2 rings (SSSR count). The minimum absolute atomic E-state index is 0.00798. The Kier molecular flexibility index (Phi) is 4.02. The second kappa shape index (κ2) is 5.55. The van der Waals surface area contributed by atoms with Gasteiger partial charge in [-0.2, -0.15) is 0 Å². The predicted octanol–water partition coefficient (Wildman–Crippen LogP) is 4.09. The summed E-state index contributed by atoms with van der Waals surface area (Å²) in [5, 5.41) is 2.52. The zero-order chi connectivity index (χ0) is 14.0. The fraction of sp³-hybridized carbons (Fsp3) is 0.0769. The third kappa shape index (κ3) is 3.03. The summed E-state index contributed by atoms with van der Waals surface area (Å²) in [4.78, 5) is 16.0. The number of halogens is 3. The number of hydrogen-bond acceptors (Lipinski definition) is 2. The van der Waals surface area contributed by atoms with E-state index in [2.05, 4.69) is 10.3 Å². The topological polar surface area (TPSA) is 42.0 Å². The number of anilines is 1. The molecule has 0 unspecified atom stereocenters. The fourth-order valence-corrected chi connectivity index (χ4v) is 1.96. The summed E-state index contributed by atoms with van der Waals surface area (Å²) in [6.07, 6.45) is 1.55. The zero-order valence-corrected chi connectivity index (χ0v) is 11.4. The van der Waals surface area contributed by atoms with Gasteiger partial charge in [-0.05, 0) is 30.7 Å². The molecule has 0 bridgehead atoms. The second-order valence-corrected chi connectivity index (χ2v) is 4.68. The van der Waals surface area contributed by atoms with Crippen LogP contribution in [0.4, 0.5) is 10.2 Å². The number of aromatic nitrogens is 1. The molecule has 0 saturated carbocycles. The number of carbonyl (C=O) groups is 1. The quantitative estimate of drug-likeness (QED) is 0.849. The third-order valence-corrected chi connectivity index (χ3v) is 3.10. The lowest BCUT2D eigenvalue weighted by atomic mass is 10.2. The van der Waals surface area contributed by atoms with Crippen LogP contribution in [-0.4, -0.2) is 10.9 Å². The fourth-order valence-electron chi connectivity index (χ4n) is 1.49. The number of aryl methyl sites for hydroxylation is 1. The molecule has 0 aliphatic heterocycles. The van der Waals surface area contributed by atoms with Gasteiger partial charge < -0.3 is 5.32 Å². The van der Waals surface area contributed by atoms with Crippen molar-refractivity contribution in [2.24, 2.45) is 0 Å². The maximum absolute atomic E-state index is 13.4. The molecule has 0 atom stereocenters. The standard InChI is InChI=1S/C13H9Cl2FN2O/c1-7-3-2-4-17-12(7)18-13(19)8-5-11(16)10(15)6-9(8)14/h2-6H,1H3,(H,17,18,19). The van der Waals surface area contributed by atoms with Crippen molar-refractivity contribution in [3.8, 4) is 0 Å². The summed E-state index contributed by atoms with van der Waals surface area (Å²) in [6, 6.07) is 5.74. The summed E-state index contributed by atoms with van der Waals surface area (Å²) in [5.74, 6) is -0.838. The van der Waals surface area contributed by atoms with E-state index in [1.54, 1.807) is 25.3 Å². The Morgan fingerprint density at radius 1 is 1.32 bits per heavy atom. The highest BCUT2D eigenvalue weighted by Gasteiger charge is 2.15. The van der Waals surface area contributed by atoms with Gasteiger partial charge in [0.2, 0.25) is 0 Å². The van der Waals surface area contributed by atoms with Crippen molar-refractivity contribution < 1.29 is 9.18 Å². The van der Waals surface area contributed by atoms with Crippen molar-refractivity contribution in [1.82, 2.24) is 4.98 Å². The molecule has 19 heavy (non-hydrogen) atoms. The molecule has 0 aliphatic carbocycles. The lowest BCUT2D eigenvalue weighted by molar-refractivity contribution is 0.102. The van der Waals surface area contributed by atoms with Crippen LogP contribution in [0.3, 0.4) is 0 Å². The molecule has 2 aromatic rings. The Hall–Kier alpha value is -1.65. The van der Waals surface area contributed by atoms with Gasteiger partial charge in [-0.3, -0.25) is 4.79 Å². The van der Waals surface area contributed by atoms with Crippen molar-refractivity contribution in [1.29, 1.82) is 0 Å². The molecule has 0 fully saturated rings. The summed E-state index contributed by atoms with van der Waals surface area (Å²) in [5.41, 5.74) is 0.801. The number of nitrogens with one attached hydrogen (secondary N) is 1. The first kappa shape index (κ1) is 13.8.